The van der Waals surface area contributed by atoms with Crippen molar-refractivity contribution < 1.29 is 13.2 Å². The molecule has 0 heterocycles. The summed E-state index contributed by atoms with van der Waals surface area (Å²) in [5, 5.41) is 2.36. The molecule has 0 N–H and O–H groups in total. The van der Waals surface area contributed by atoms with Crippen molar-refractivity contribution in [3.05, 3.63) is 83.4 Å². The van der Waals surface area contributed by atoms with E-state index in [-0.39, 0.29) is 6.04 Å². The molecule has 0 aliphatic carbocycles. The first kappa shape index (κ1) is 18.2. The van der Waals surface area contributed by atoms with Crippen LogP contribution in [0.2, 0.25) is 0 Å². The number of aryl methyl sites for hydroxylation is 1. The third-order valence-corrected chi connectivity index (χ3v) is 4.42. The van der Waals surface area contributed by atoms with Gasteiger partial charge in [0.25, 0.3) is 0 Å². The van der Waals surface area contributed by atoms with Gasteiger partial charge in [0.15, 0.2) is 0 Å². The van der Waals surface area contributed by atoms with E-state index in [1.165, 1.54) is 22.9 Å². The highest BCUT2D eigenvalue weighted by atomic mass is 19.4. The molecule has 0 saturated carbocycles. The summed E-state index contributed by atoms with van der Waals surface area (Å²) in [5.74, 6) is 0. The number of benzene rings is 3. The summed E-state index contributed by atoms with van der Waals surface area (Å²) in [6.45, 7) is 2.03. The fourth-order valence-corrected chi connectivity index (χ4v) is 3.06. The van der Waals surface area contributed by atoms with Crippen molar-refractivity contribution in [2.24, 2.45) is 4.99 Å². The van der Waals surface area contributed by atoms with Crippen LogP contribution < -0.4 is 0 Å². The number of alkyl halides is 3. The lowest BCUT2D eigenvalue weighted by atomic mass is 10.00. The first-order valence-electron chi connectivity index (χ1n) is 8.60. The van der Waals surface area contributed by atoms with Gasteiger partial charge in [-0.3, -0.25) is 4.99 Å². The van der Waals surface area contributed by atoms with Crippen molar-refractivity contribution >= 4 is 17.0 Å². The number of aliphatic imine (C=N–C) groups is 1. The molecule has 0 bridgehead atoms. The molecule has 0 spiro atoms. The minimum Gasteiger partial charge on any atom is -0.290 e. The summed E-state index contributed by atoms with van der Waals surface area (Å²) in [6.07, 6.45) is -1.34. The molecular weight excluding hydrogens is 335 g/mol. The van der Waals surface area contributed by atoms with Crippen LogP contribution in [-0.4, -0.2) is 6.21 Å². The molecule has 3 rings (SSSR count). The third kappa shape index (κ3) is 4.31. The molecule has 0 aromatic heterocycles. The van der Waals surface area contributed by atoms with Crippen LogP contribution in [0.4, 0.5) is 13.2 Å². The predicted molar refractivity (Wildman–Crippen MR) is 101 cm³/mol. The summed E-state index contributed by atoms with van der Waals surface area (Å²) in [6, 6.07) is 19.8. The molecule has 1 atom stereocenters. The zero-order valence-electron chi connectivity index (χ0n) is 14.5. The Kier molecular flexibility index (Phi) is 5.40. The second-order valence-corrected chi connectivity index (χ2v) is 6.31. The lowest BCUT2D eigenvalue weighted by Gasteiger charge is -2.11. The van der Waals surface area contributed by atoms with Gasteiger partial charge in [0.1, 0.15) is 0 Å². The molecule has 0 unspecified atom stereocenters. The second-order valence-electron chi connectivity index (χ2n) is 6.31. The van der Waals surface area contributed by atoms with Gasteiger partial charge in [-0.05, 0) is 53.9 Å². The van der Waals surface area contributed by atoms with E-state index in [9.17, 15) is 13.2 Å². The molecule has 3 aromatic carbocycles. The maximum absolute atomic E-state index is 12.8. The van der Waals surface area contributed by atoms with Crippen LogP contribution in [0.3, 0.4) is 0 Å². The summed E-state index contributed by atoms with van der Waals surface area (Å²) >= 11 is 0. The first-order chi connectivity index (χ1) is 12.4. The van der Waals surface area contributed by atoms with E-state index in [4.69, 9.17) is 0 Å². The minimum atomic E-state index is -4.30. The Bertz CT molecular complexity index is 907. The van der Waals surface area contributed by atoms with Crippen LogP contribution in [0.25, 0.3) is 10.8 Å². The van der Waals surface area contributed by atoms with Gasteiger partial charge in [-0.2, -0.15) is 13.2 Å². The molecule has 0 fully saturated rings. The monoisotopic (exact) mass is 355 g/mol. The maximum Gasteiger partial charge on any atom is 0.416 e. The zero-order valence-corrected chi connectivity index (χ0v) is 14.5. The molecule has 134 valence electrons. The molecule has 0 saturated heterocycles. The van der Waals surface area contributed by atoms with Gasteiger partial charge in [-0.15, -0.1) is 0 Å². The topological polar surface area (TPSA) is 12.4 Å². The Labute approximate surface area is 151 Å². The van der Waals surface area contributed by atoms with Gasteiger partial charge in [0, 0.05) is 0 Å². The molecule has 0 radical (unpaired) electrons. The van der Waals surface area contributed by atoms with E-state index in [1.54, 1.807) is 6.07 Å². The number of halogens is 3. The molecule has 3 aromatic rings. The standard InChI is InChI=1S/C22H20F3N/c1-16(20-13-5-10-18-9-2-3-12-21(18)20)26-14-6-8-17-7-4-11-19(15-17)22(23,24)25/h2-5,7,9-16H,6,8H2,1H3/b26-14+/t16-/m1/s1. The number of hydrogen-bond acceptors (Lipinski definition) is 1. The Morgan fingerprint density at radius 3 is 2.50 bits per heavy atom. The lowest BCUT2D eigenvalue weighted by molar-refractivity contribution is -0.137. The van der Waals surface area contributed by atoms with E-state index < -0.39 is 11.7 Å². The molecule has 0 aliphatic heterocycles. The normalized spacial score (nSPS) is 13.4. The highest BCUT2D eigenvalue weighted by molar-refractivity contribution is 5.86. The van der Waals surface area contributed by atoms with Gasteiger partial charge in [-0.25, -0.2) is 0 Å². The van der Waals surface area contributed by atoms with E-state index in [1.807, 2.05) is 31.3 Å². The summed E-state index contributed by atoms with van der Waals surface area (Å²) < 4.78 is 38.3. The van der Waals surface area contributed by atoms with E-state index >= 15 is 0 Å². The van der Waals surface area contributed by atoms with Gasteiger partial charge in [0.05, 0.1) is 11.6 Å². The average Bonchev–Trinajstić information content (AvgIpc) is 2.64. The number of rotatable bonds is 5. The van der Waals surface area contributed by atoms with Crippen LogP contribution in [0.15, 0.2) is 71.7 Å². The summed E-state index contributed by atoms with van der Waals surface area (Å²) in [5.41, 5.74) is 1.22. The maximum atomic E-state index is 12.8. The SMILES string of the molecule is C[C@@H](/N=C/CCc1cccc(C(F)(F)F)c1)c1cccc2ccccc12. The highest BCUT2D eigenvalue weighted by Crippen LogP contribution is 2.30. The molecule has 4 heteroatoms. The average molecular weight is 355 g/mol. The fraction of sp³-hybridized carbons (Fsp3) is 0.227. The van der Waals surface area contributed by atoms with Crippen molar-refractivity contribution in [1.29, 1.82) is 0 Å². The Morgan fingerprint density at radius 2 is 1.69 bits per heavy atom. The van der Waals surface area contributed by atoms with Gasteiger partial charge >= 0.3 is 6.18 Å². The van der Waals surface area contributed by atoms with Crippen LogP contribution in [0, 0.1) is 0 Å². The summed E-state index contributed by atoms with van der Waals surface area (Å²) in [7, 11) is 0. The zero-order chi connectivity index (χ0) is 18.6. The van der Waals surface area contributed by atoms with E-state index in [0.29, 0.717) is 18.4 Å². The van der Waals surface area contributed by atoms with Crippen molar-refractivity contribution in [3.63, 3.8) is 0 Å². The molecular formula is C22H20F3N. The van der Waals surface area contributed by atoms with Gasteiger partial charge < -0.3 is 0 Å². The van der Waals surface area contributed by atoms with Crippen LogP contribution >= 0.6 is 0 Å². The second kappa shape index (κ2) is 7.73. The number of fused-ring (bicyclic) bond motifs is 1. The van der Waals surface area contributed by atoms with Crippen molar-refractivity contribution in [2.75, 3.05) is 0 Å². The van der Waals surface area contributed by atoms with Crippen LogP contribution in [-0.2, 0) is 12.6 Å². The third-order valence-electron chi connectivity index (χ3n) is 4.42. The summed E-state index contributed by atoms with van der Waals surface area (Å²) in [4.78, 5) is 4.58. The fourth-order valence-electron chi connectivity index (χ4n) is 3.06. The number of hydrogen-bond donors (Lipinski definition) is 0. The largest absolute Gasteiger partial charge is 0.416 e. The quantitative estimate of drug-likeness (QED) is 0.456. The Balaban J connectivity index is 1.65. The van der Waals surface area contributed by atoms with Crippen molar-refractivity contribution in [2.45, 2.75) is 32.0 Å². The van der Waals surface area contributed by atoms with E-state index in [0.717, 1.165) is 11.6 Å². The Hall–Kier alpha value is -2.62. The minimum absolute atomic E-state index is 0.00242. The highest BCUT2D eigenvalue weighted by Gasteiger charge is 2.30. The number of nitrogens with zero attached hydrogens (tertiary/aromatic N) is 1. The Morgan fingerprint density at radius 1 is 0.962 bits per heavy atom. The smallest absolute Gasteiger partial charge is 0.290 e. The molecule has 0 amide bonds. The molecule has 1 nitrogen and oxygen atoms in total. The molecule has 26 heavy (non-hydrogen) atoms. The molecule has 0 aliphatic rings. The van der Waals surface area contributed by atoms with Gasteiger partial charge in [0.2, 0.25) is 0 Å². The first-order valence-corrected chi connectivity index (χ1v) is 8.60. The van der Waals surface area contributed by atoms with Crippen LogP contribution in [0.5, 0.6) is 0 Å². The van der Waals surface area contributed by atoms with Crippen molar-refractivity contribution in [1.82, 2.24) is 0 Å². The van der Waals surface area contributed by atoms with Gasteiger partial charge in [-0.1, -0.05) is 60.7 Å². The lowest BCUT2D eigenvalue weighted by Crippen LogP contribution is -2.05. The van der Waals surface area contributed by atoms with E-state index in [2.05, 4.69) is 29.3 Å². The van der Waals surface area contributed by atoms with Crippen LogP contribution in [0.1, 0.15) is 36.1 Å². The predicted octanol–water partition coefficient (Wildman–Crippen LogP) is 6.62. The van der Waals surface area contributed by atoms with Crippen molar-refractivity contribution in [3.8, 4) is 0 Å².